The molecule has 0 aliphatic carbocycles. The van der Waals surface area contributed by atoms with E-state index in [0.717, 1.165) is 25.9 Å². The topological polar surface area (TPSA) is 38.3 Å². The molecule has 1 saturated heterocycles. The fourth-order valence-corrected chi connectivity index (χ4v) is 2.44. The van der Waals surface area contributed by atoms with Crippen LogP contribution in [0.15, 0.2) is 22.7 Å². The van der Waals surface area contributed by atoms with Gasteiger partial charge < -0.3 is 10.1 Å². The summed E-state index contributed by atoms with van der Waals surface area (Å²) in [5.41, 5.74) is 0.322. The Kier molecular flexibility index (Phi) is 4.72. The fraction of sp³-hybridized carbons (Fsp3) is 0.462. The molecule has 1 aromatic rings. The average Bonchev–Trinajstić information content (AvgIpc) is 2.85. The lowest BCUT2D eigenvalue weighted by molar-refractivity contribution is 0.0906. The molecule has 0 saturated carbocycles. The zero-order chi connectivity index (χ0) is 13.0. The van der Waals surface area contributed by atoms with E-state index in [-0.39, 0.29) is 16.5 Å². The third kappa shape index (κ3) is 3.29. The van der Waals surface area contributed by atoms with E-state index in [1.807, 2.05) is 0 Å². The lowest BCUT2D eigenvalue weighted by Gasteiger charge is -2.10. The Bertz CT molecular complexity index is 433. The van der Waals surface area contributed by atoms with Crippen LogP contribution in [0.1, 0.15) is 29.6 Å². The summed E-state index contributed by atoms with van der Waals surface area (Å²) in [5, 5.41) is 2.78. The van der Waals surface area contributed by atoms with Crippen molar-refractivity contribution in [3.05, 3.63) is 34.1 Å². The molecule has 98 valence electrons. The molecule has 18 heavy (non-hydrogen) atoms. The van der Waals surface area contributed by atoms with E-state index in [0.29, 0.717) is 12.1 Å². The highest BCUT2D eigenvalue weighted by atomic mass is 79.9. The molecule has 0 aromatic heterocycles. The van der Waals surface area contributed by atoms with Crippen molar-refractivity contribution in [2.45, 2.75) is 25.4 Å². The van der Waals surface area contributed by atoms with Crippen LogP contribution in [-0.2, 0) is 4.74 Å². The molecular formula is C13H15BrFNO2. The van der Waals surface area contributed by atoms with E-state index in [9.17, 15) is 9.18 Å². The number of carbonyl (C=O) groups excluding carboxylic acids is 1. The molecule has 1 fully saturated rings. The summed E-state index contributed by atoms with van der Waals surface area (Å²) in [6.07, 6.45) is 3.20. The maximum Gasteiger partial charge on any atom is 0.252 e. The molecule has 0 radical (unpaired) electrons. The van der Waals surface area contributed by atoms with Crippen LogP contribution >= 0.6 is 15.9 Å². The van der Waals surface area contributed by atoms with Gasteiger partial charge in [-0.1, -0.05) is 6.07 Å². The van der Waals surface area contributed by atoms with Gasteiger partial charge >= 0.3 is 0 Å². The Morgan fingerprint density at radius 2 is 2.39 bits per heavy atom. The van der Waals surface area contributed by atoms with Crippen LogP contribution in [0.3, 0.4) is 0 Å². The van der Waals surface area contributed by atoms with Gasteiger partial charge in [-0.15, -0.1) is 0 Å². The van der Waals surface area contributed by atoms with Crippen LogP contribution in [0, 0.1) is 5.82 Å². The van der Waals surface area contributed by atoms with Gasteiger partial charge in [0.05, 0.1) is 16.1 Å². The molecule has 5 heteroatoms. The van der Waals surface area contributed by atoms with Gasteiger partial charge in [0, 0.05) is 13.2 Å². The van der Waals surface area contributed by atoms with Gasteiger partial charge in [-0.05, 0) is 47.3 Å². The quantitative estimate of drug-likeness (QED) is 0.927. The summed E-state index contributed by atoms with van der Waals surface area (Å²) < 4.78 is 18.9. The van der Waals surface area contributed by atoms with Crippen molar-refractivity contribution in [2.75, 3.05) is 13.2 Å². The van der Waals surface area contributed by atoms with E-state index in [1.165, 1.54) is 12.1 Å². The Morgan fingerprint density at radius 1 is 1.56 bits per heavy atom. The first-order valence-electron chi connectivity index (χ1n) is 6.02. The molecule has 1 N–H and O–H groups in total. The molecular weight excluding hydrogens is 301 g/mol. The van der Waals surface area contributed by atoms with Crippen molar-refractivity contribution in [2.24, 2.45) is 0 Å². The Morgan fingerprint density at radius 3 is 3.11 bits per heavy atom. The maximum absolute atomic E-state index is 13.3. The lowest BCUT2D eigenvalue weighted by Crippen LogP contribution is -2.27. The van der Waals surface area contributed by atoms with Gasteiger partial charge in [-0.2, -0.15) is 0 Å². The van der Waals surface area contributed by atoms with E-state index in [2.05, 4.69) is 21.2 Å². The average molecular weight is 316 g/mol. The summed E-state index contributed by atoms with van der Waals surface area (Å²) >= 11 is 3.08. The highest BCUT2D eigenvalue weighted by molar-refractivity contribution is 9.10. The molecule has 1 aliphatic rings. The third-order valence-corrected chi connectivity index (χ3v) is 3.78. The highest BCUT2D eigenvalue weighted by Gasteiger charge is 2.16. The maximum atomic E-state index is 13.3. The molecule has 2 rings (SSSR count). The molecule has 3 nitrogen and oxygen atoms in total. The van der Waals surface area contributed by atoms with Gasteiger partial charge in [0.1, 0.15) is 5.82 Å². The number of amides is 1. The Balaban J connectivity index is 1.85. The number of rotatable bonds is 4. The summed E-state index contributed by atoms with van der Waals surface area (Å²) in [6.45, 7) is 1.36. The number of halogens is 2. The van der Waals surface area contributed by atoms with Crippen molar-refractivity contribution in [1.82, 2.24) is 5.32 Å². The molecule has 1 atom stereocenters. The first kappa shape index (κ1) is 13.5. The molecule has 1 aromatic carbocycles. The van der Waals surface area contributed by atoms with Crippen LogP contribution in [0.4, 0.5) is 4.39 Å². The highest BCUT2D eigenvalue weighted by Crippen LogP contribution is 2.20. The van der Waals surface area contributed by atoms with E-state index >= 15 is 0 Å². The first-order chi connectivity index (χ1) is 8.68. The van der Waals surface area contributed by atoms with Gasteiger partial charge in [-0.3, -0.25) is 4.79 Å². The van der Waals surface area contributed by atoms with Crippen molar-refractivity contribution in [3.8, 4) is 0 Å². The summed E-state index contributed by atoms with van der Waals surface area (Å²) in [7, 11) is 0. The van der Waals surface area contributed by atoms with Crippen LogP contribution in [-0.4, -0.2) is 25.2 Å². The van der Waals surface area contributed by atoms with Crippen molar-refractivity contribution in [3.63, 3.8) is 0 Å². The minimum atomic E-state index is -0.429. The number of hydrogen-bond donors (Lipinski definition) is 1. The van der Waals surface area contributed by atoms with Crippen LogP contribution in [0.25, 0.3) is 0 Å². The number of ether oxygens (including phenoxy) is 1. The first-order valence-corrected chi connectivity index (χ1v) is 6.81. The monoisotopic (exact) mass is 315 g/mol. The Hall–Kier alpha value is -0.940. The third-order valence-electron chi connectivity index (χ3n) is 2.97. The zero-order valence-corrected chi connectivity index (χ0v) is 11.5. The van der Waals surface area contributed by atoms with Crippen molar-refractivity contribution >= 4 is 21.8 Å². The fourth-order valence-electron chi connectivity index (χ4n) is 1.99. The second kappa shape index (κ2) is 6.29. The largest absolute Gasteiger partial charge is 0.378 e. The van der Waals surface area contributed by atoms with Gasteiger partial charge in [-0.25, -0.2) is 4.39 Å². The Labute approximate surface area is 114 Å². The second-order valence-corrected chi connectivity index (χ2v) is 5.07. The molecule has 0 bridgehead atoms. The SMILES string of the molecule is O=C(NCCC1CCCO1)c1cccc(F)c1Br. The predicted octanol–water partition coefficient (Wildman–Crippen LogP) is 2.89. The van der Waals surface area contributed by atoms with Gasteiger partial charge in [0.25, 0.3) is 5.91 Å². The minimum absolute atomic E-state index is 0.208. The van der Waals surface area contributed by atoms with Crippen LogP contribution in [0.5, 0.6) is 0 Å². The van der Waals surface area contributed by atoms with E-state index < -0.39 is 5.82 Å². The van der Waals surface area contributed by atoms with Gasteiger partial charge in [0.2, 0.25) is 0 Å². The smallest absolute Gasteiger partial charge is 0.252 e. The summed E-state index contributed by atoms with van der Waals surface area (Å²) in [6, 6.07) is 4.43. The summed E-state index contributed by atoms with van der Waals surface area (Å²) in [4.78, 5) is 11.8. The molecule has 1 heterocycles. The minimum Gasteiger partial charge on any atom is -0.378 e. The number of benzene rings is 1. The molecule has 1 amide bonds. The van der Waals surface area contributed by atoms with Crippen LogP contribution in [0.2, 0.25) is 0 Å². The van der Waals surface area contributed by atoms with Crippen molar-refractivity contribution < 1.29 is 13.9 Å². The van der Waals surface area contributed by atoms with Gasteiger partial charge in [0.15, 0.2) is 0 Å². The summed E-state index contributed by atoms with van der Waals surface area (Å²) in [5.74, 6) is -0.693. The standard InChI is InChI=1S/C13H15BrFNO2/c14-12-10(4-1-5-11(12)15)13(17)16-7-6-9-3-2-8-18-9/h1,4-5,9H,2-3,6-8H2,(H,16,17). The molecule has 0 spiro atoms. The normalized spacial score (nSPS) is 18.9. The van der Waals surface area contributed by atoms with E-state index in [1.54, 1.807) is 6.07 Å². The number of hydrogen-bond acceptors (Lipinski definition) is 2. The predicted molar refractivity (Wildman–Crippen MR) is 70.0 cm³/mol. The zero-order valence-electron chi connectivity index (χ0n) is 9.92. The molecule has 1 aliphatic heterocycles. The number of nitrogens with one attached hydrogen (secondary N) is 1. The lowest BCUT2D eigenvalue weighted by atomic mass is 10.1. The molecule has 1 unspecified atom stereocenters. The second-order valence-electron chi connectivity index (χ2n) is 4.28. The van der Waals surface area contributed by atoms with E-state index in [4.69, 9.17) is 4.74 Å². The van der Waals surface area contributed by atoms with Crippen LogP contribution < -0.4 is 5.32 Å². The van der Waals surface area contributed by atoms with Crippen molar-refractivity contribution in [1.29, 1.82) is 0 Å². The number of carbonyl (C=O) groups is 1.